The summed E-state index contributed by atoms with van der Waals surface area (Å²) in [7, 11) is 0. The number of carbonyl (C=O) groups is 3. The maximum Gasteiger partial charge on any atom is 0.317 e. The first-order chi connectivity index (χ1) is 13.2. The Hall–Kier alpha value is -2.93. The van der Waals surface area contributed by atoms with Crippen LogP contribution in [0.5, 0.6) is 5.75 Å². The molecule has 7 heteroatoms. The molecule has 0 heterocycles. The van der Waals surface area contributed by atoms with Crippen molar-refractivity contribution >= 4 is 17.7 Å². The van der Waals surface area contributed by atoms with E-state index in [0.717, 1.165) is 0 Å². The number of rotatable bonds is 7. The van der Waals surface area contributed by atoms with Crippen LogP contribution in [0.15, 0.2) is 49.6 Å². The quantitative estimate of drug-likeness (QED) is 0.417. The van der Waals surface area contributed by atoms with Gasteiger partial charge in [-0.25, -0.2) is 0 Å². The summed E-state index contributed by atoms with van der Waals surface area (Å²) >= 11 is 0. The van der Waals surface area contributed by atoms with Gasteiger partial charge in [0.25, 0.3) is 0 Å². The lowest BCUT2D eigenvalue weighted by atomic mass is 9.61. The van der Waals surface area contributed by atoms with Gasteiger partial charge in [0.15, 0.2) is 5.78 Å². The molecule has 1 aliphatic carbocycles. The van der Waals surface area contributed by atoms with Crippen molar-refractivity contribution in [2.24, 2.45) is 11.8 Å². The summed E-state index contributed by atoms with van der Waals surface area (Å²) in [6, 6.07) is 5.86. The van der Waals surface area contributed by atoms with Crippen LogP contribution in [0.3, 0.4) is 0 Å². The first kappa shape index (κ1) is 21.4. The Balaban J connectivity index is 2.58. The average Bonchev–Trinajstić information content (AvgIpc) is 2.62. The second-order valence-electron chi connectivity index (χ2n) is 6.91. The van der Waals surface area contributed by atoms with Crippen LogP contribution in [0.4, 0.5) is 0 Å². The normalized spacial score (nSPS) is 26.9. The second kappa shape index (κ2) is 8.84. The fourth-order valence-corrected chi connectivity index (χ4v) is 3.61. The van der Waals surface area contributed by atoms with Crippen LogP contribution < -0.4 is 0 Å². The number of ether oxygens (including phenoxy) is 2. The molecule has 28 heavy (non-hydrogen) atoms. The highest BCUT2D eigenvalue weighted by Crippen LogP contribution is 2.47. The van der Waals surface area contributed by atoms with Gasteiger partial charge in [-0.05, 0) is 24.6 Å². The van der Waals surface area contributed by atoms with Gasteiger partial charge in [-0.1, -0.05) is 37.4 Å². The Bertz CT molecular complexity index is 781. The number of phenols is 1. The maximum absolute atomic E-state index is 12.8. The molecule has 2 rings (SSSR count). The van der Waals surface area contributed by atoms with Crippen LogP contribution >= 0.6 is 0 Å². The number of benzene rings is 1. The van der Waals surface area contributed by atoms with E-state index in [4.69, 9.17) is 9.47 Å². The monoisotopic (exact) mass is 388 g/mol. The van der Waals surface area contributed by atoms with Crippen molar-refractivity contribution in [3.05, 3.63) is 55.1 Å². The van der Waals surface area contributed by atoms with E-state index in [1.165, 1.54) is 37.3 Å². The second-order valence-corrected chi connectivity index (χ2v) is 6.91. The van der Waals surface area contributed by atoms with E-state index in [9.17, 15) is 24.6 Å². The van der Waals surface area contributed by atoms with Gasteiger partial charge < -0.3 is 19.7 Å². The van der Waals surface area contributed by atoms with Gasteiger partial charge >= 0.3 is 11.9 Å². The lowest BCUT2D eigenvalue weighted by molar-refractivity contribution is -0.172. The molecule has 0 unspecified atom stereocenters. The summed E-state index contributed by atoms with van der Waals surface area (Å²) in [5.74, 6) is -5.89. The smallest absolute Gasteiger partial charge is 0.317 e. The molecule has 0 bridgehead atoms. The summed E-state index contributed by atoms with van der Waals surface area (Å²) in [4.78, 5) is 38.1. The molecule has 0 aromatic heterocycles. The van der Waals surface area contributed by atoms with E-state index >= 15 is 0 Å². The third-order valence-corrected chi connectivity index (χ3v) is 4.72. The van der Waals surface area contributed by atoms with Crippen LogP contribution in [0.2, 0.25) is 0 Å². The number of hydrogen-bond acceptors (Lipinski definition) is 7. The first-order valence-corrected chi connectivity index (χ1v) is 8.82. The van der Waals surface area contributed by atoms with Crippen molar-refractivity contribution in [1.29, 1.82) is 0 Å². The van der Waals surface area contributed by atoms with Crippen molar-refractivity contribution in [2.45, 2.75) is 24.9 Å². The van der Waals surface area contributed by atoms with Crippen molar-refractivity contribution in [1.82, 2.24) is 0 Å². The fourth-order valence-electron chi connectivity index (χ4n) is 3.61. The highest BCUT2D eigenvalue weighted by Gasteiger charge is 2.57. The van der Waals surface area contributed by atoms with E-state index in [-0.39, 0.29) is 19.0 Å². The van der Waals surface area contributed by atoms with Crippen LogP contribution in [0, 0.1) is 11.8 Å². The molecule has 1 aromatic rings. The van der Waals surface area contributed by atoms with Gasteiger partial charge in [-0.15, -0.1) is 0 Å². The summed E-state index contributed by atoms with van der Waals surface area (Å²) < 4.78 is 10.2. The minimum Gasteiger partial charge on any atom is -0.508 e. The Morgan fingerprint density at radius 1 is 1.21 bits per heavy atom. The number of aliphatic hydroxyl groups is 1. The average molecular weight is 388 g/mol. The molecule has 0 aliphatic heterocycles. The summed E-state index contributed by atoms with van der Waals surface area (Å²) in [5.41, 5.74) is -1.41. The zero-order valence-electron chi connectivity index (χ0n) is 15.7. The predicted molar refractivity (Wildman–Crippen MR) is 100 cm³/mol. The highest BCUT2D eigenvalue weighted by molar-refractivity contribution is 6.02. The molecule has 1 aromatic carbocycles. The number of aromatic hydroxyl groups is 1. The van der Waals surface area contributed by atoms with Crippen LogP contribution in [-0.2, 0) is 23.9 Å². The zero-order chi connectivity index (χ0) is 20.9. The molecule has 0 radical (unpaired) electrons. The van der Waals surface area contributed by atoms with E-state index in [1.54, 1.807) is 6.07 Å². The van der Waals surface area contributed by atoms with Gasteiger partial charge in [0, 0.05) is 12.3 Å². The number of ketones is 1. The third-order valence-electron chi connectivity index (χ3n) is 4.72. The Kier molecular flexibility index (Phi) is 6.75. The highest BCUT2D eigenvalue weighted by atomic mass is 16.5. The zero-order valence-corrected chi connectivity index (χ0v) is 15.7. The molecule has 2 N–H and O–H groups in total. The van der Waals surface area contributed by atoms with Crippen LogP contribution in [0.25, 0.3) is 0 Å². The first-order valence-electron chi connectivity index (χ1n) is 8.82. The van der Waals surface area contributed by atoms with Gasteiger partial charge in [0.2, 0.25) is 0 Å². The molecule has 4 atom stereocenters. The molecule has 7 nitrogen and oxygen atoms in total. The van der Waals surface area contributed by atoms with Crippen LogP contribution in [-0.4, -0.2) is 46.7 Å². The van der Waals surface area contributed by atoms with Gasteiger partial charge in [0.05, 0.1) is 11.5 Å². The van der Waals surface area contributed by atoms with Gasteiger partial charge in [-0.3, -0.25) is 14.4 Å². The molecular weight excluding hydrogens is 364 g/mol. The molecule has 150 valence electrons. The minimum absolute atomic E-state index is 0.0856. The van der Waals surface area contributed by atoms with Gasteiger partial charge in [0.1, 0.15) is 24.9 Å². The van der Waals surface area contributed by atoms with Crippen molar-refractivity contribution < 1.29 is 34.1 Å². The standard InChI is InChI=1S/C21H24O7/c1-4-9-27-19(24)17-15(23)12-21(3,26)18(20(25)28-10-5-2)16(17)13-7-6-8-14(22)11-13/h4-8,11,16-18,22,26H,1-2,9-10,12H2,3H3/t16-,17-,18-,21+/m1/s1. The van der Waals surface area contributed by atoms with Crippen molar-refractivity contribution in [3.63, 3.8) is 0 Å². The topological polar surface area (TPSA) is 110 Å². The van der Waals surface area contributed by atoms with Crippen LogP contribution in [0.1, 0.15) is 24.8 Å². The Morgan fingerprint density at radius 3 is 2.39 bits per heavy atom. The lowest BCUT2D eigenvalue weighted by Crippen LogP contribution is -2.55. The van der Waals surface area contributed by atoms with E-state index < -0.39 is 47.5 Å². The Morgan fingerprint density at radius 2 is 1.82 bits per heavy atom. The molecule has 0 spiro atoms. The fraction of sp³-hybridized carbons (Fsp3) is 0.381. The SMILES string of the molecule is C=CCOC(=O)[C@@H]1C(=O)C[C@](C)(O)[C@@H](C(=O)OCC=C)[C@@H]1c1cccc(O)c1. The summed E-state index contributed by atoms with van der Waals surface area (Å²) in [6.45, 7) is 8.12. The van der Waals surface area contributed by atoms with Crippen molar-refractivity contribution in [2.75, 3.05) is 13.2 Å². The third kappa shape index (κ3) is 4.48. The molecule has 0 saturated heterocycles. The number of esters is 2. The molecule has 1 aliphatic rings. The minimum atomic E-state index is -1.75. The molecule has 0 amide bonds. The molecule has 1 saturated carbocycles. The predicted octanol–water partition coefficient (Wildman–Crippen LogP) is 1.89. The number of Topliss-reactive ketones (excluding diaryl/α,β-unsaturated/α-hetero) is 1. The van der Waals surface area contributed by atoms with Crippen molar-refractivity contribution in [3.8, 4) is 5.75 Å². The number of hydrogen-bond donors (Lipinski definition) is 2. The largest absolute Gasteiger partial charge is 0.508 e. The summed E-state index contributed by atoms with van der Waals surface area (Å²) in [6.07, 6.45) is 2.32. The van der Waals surface area contributed by atoms with E-state index in [2.05, 4.69) is 13.2 Å². The Labute approximate surface area is 163 Å². The lowest BCUT2D eigenvalue weighted by Gasteiger charge is -2.43. The maximum atomic E-state index is 12.8. The van der Waals surface area contributed by atoms with E-state index in [0.29, 0.717) is 5.56 Å². The van der Waals surface area contributed by atoms with Gasteiger partial charge in [-0.2, -0.15) is 0 Å². The number of phenolic OH excluding ortho intramolecular Hbond substituents is 1. The molecular formula is C21H24O7. The molecule has 1 fully saturated rings. The number of carbonyl (C=O) groups excluding carboxylic acids is 3. The summed E-state index contributed by atoms with van der Waals surface area (Å²) in [5, 5.41) is 20.7. The van der Waals surface area contributed by atoms with E-state index in [1.807, 2.05) is 0 Å².